The summed E-state index contributed by atoms with van der Waals surface area (Å²) < 4.78 is 31.9. The molecule has 0 bridgehead atoms. The summed E-state index contributed by atoms with van der Waals surface area (Å²) >= 11 is 6.26. The molecule has 8 N–H and O–H groups in total. The maximum Gasteiger partial charge on any atom is 0.256 e. The Hall–Kier alpha value is -4.08. The summed E-state index contributed by atoms with van der Waals surface area (Å²) in [5.41, 5.74) is 18.4. The highest BCUT2D eigenvalue weighted by Crippen LogP contribution is 2.56. The fourth-order valence-corrected chi connectivity index (χ4v) is 4.68. The lowest BCUT2D eigenvalue weighted by atomic mass is 9.98. The molecule has 4 rings (SSSR count). The predicted octanol–water partition coefficient (Wildman–Crippen LogP) is 2.95. The number of carbonyl (C=O) groups excluding carboxylic acids is 2. The van der Waals surface area contributed by atoms with Gasteiger partial charge in [0.25, 0.3) is 11.8 Å². The van der Waals surface area contributed by atoms with E-state index in [1.54, 1.807) is 14.2 Å². The second-order valence-corrected chi connectivity index (χ2v) is 9.64. The van der Waals surface area contributed by atoms with Gasteiger partial charge in [0.15, 0.2) is 5.82 Å². The maximum atomic E-state index is 13.4. The molecule has 2 unspecified atom stereocenters. The number of hydrogen-bond donors (Lipinski definition) is 5. The van der Waals surface area contributed by atoms with Crippen LogP contribution >= 0.6 is 11.6 Å². The molecule has 2 aromatic rings. The zero-order valence-electron chi connectivity index (χ0n) is 22.2. The molecule has 1 saturated heterocycles. The maximum absolute atomic E-state index is 13.4. The lowest BCUT2D eigenvalue weighted by molar-refractivity contribution is -0.127. The lowest BCUT2D eigenvalue weighted by Gasteiger charge is -2.22. The summed E-state index contributed by atoms with van der Waals surface area (Å²) in [6.07, 6.45) is 4.34. The van der Waals surface area contributed by atoms with Gasteiger partial charge in [-0.15, -0.1) is 0 Å². The third-order valence-corrected chi connectivity index (χ3v) is 6.91. The van der Waals surface area contributed by atoms with E-state index in [2.05, 4.69) is 33.9 Å². The molecule has 1 aliphatic heterocycles. The van der Waals surface area contributed by atoms with Crippen molar-refractivity contribution in [1.82, 2.24) is 15.1 Å². The molecular formula is C27H32ClF2N7O3. The predicted molar refractivity (Wildman–Crippen MR) is 151 cm³/mol. The molecule has 2 fully saturated rings. The van der Waals surface area contributed by atoms with Crippen molar-refractivity contribution in [3.8, 4) is 11.8 Å². The fraction of sp³-hybridized carbons (Fsp3) is 0.370. The minimum absolute atomic E-state index is 0.0227. The van der Waals surface area contributed by atoms with Gasteiger partial charge in [0.1, 0.15) is 11.3 Å². The van der Waals surface area contributed by atoms with E-state index >= 15 is 0 Å². The van der Waals surface area contributed by atoms with Crippen LogP contribution in [0.1, 0.15) is 46.4 Å². The van der Waals surface area contributed by atoms with Crippen LogP contribution < -0.4 is 22.5 Å². The number of methoxy groups -OCH3 is 1. The molecule has 0 radical (unpaired) electrons. The smallest absolute Gasteiger partial charge is 0.256 e. The molecule has 40 heavy (non-hydrogen) atoms. The van der Waals surface area contributed by atoms with Crippen LogP contribution in [-0.4, -0.2) is 66.2 Å². The highest BCUT2D eigenvalue weighted by atomic mass is 35.5. The van der Waals surface area contributed by atoms with Gasteiger partial charge in [0.05, 0.1) is 23.6 Å². The summed E-state index contributed by atoms with van der Waals surface area (Å²) in [6, 6.07) is 3.18. The Morgan fingerprint density at radius 1 is 1.40 bits per heavy atom. The fourth-order valence-electron chi connectivity index (χ4n) is 4.47. The molecule has 1 aromatic heterocycles. The van der Waals surface area contributed by atoms with Gasteiger partial charge in [-0.1, -0.05) is 24.1 Å². The van der Waals surface area contributed by atoms with Crippen molar-refractivity contribution < 1.29 is 23.1 Å². The molecule has 1 aliphatic carbocycles. The molecule has 1 saturated carbocycles. The number of primary amides is 1. The van der Waals surface area contributed by atoms with Gasteiger partial charge >= 0.3 is 0 Å². The minimum atomic E-state index is -2.79. The number of halogens is 3. The molecule has 1 aromatic carbocycles. The van der Waals surface area contributed by atoms with E-state index in [9.17, 15) is 18.4 Å². The number of aromatic amines is 1. The van der Waals surface area contributed by atoms with Gasteiger partial charge in [-0.05, 0) is 48.7 Å². The van der Waals surface area contributed by atoms with E-state index in [0.717, 1.165) is 25.6 Å². The number of nitrogens with two attached hydrogens (primary N) is 3. The number of benzene rings is 1. The van der Waals surface area contributed by atoms with Crippen molar-refractivity contribution in [2.75, 3.05) is 38.4 Å². The van der Waals surface area contributed by atoms with Crippen molar-refractivity contribution in [2.24, 2.45) is 17.4 Å². The number of carbonyl (C=O) groups is 2. The number of nitrogen functional groups attached to an aromatic ring is 1. The number of anilines is 2. The number of hydrogen-bond acceptors (Lipinski definition) is 7. The monoisotopic (exact) mass is 575 g/mol. The van der Waals surface area contributed by atoms with Crippen molar-refractivity contribution >= 4 is 40.5 Å². The number of allylic oxidation sites excluding steroid dienone is 1. The van der Waals surface area contributed by atoms with E-state index in [1.807, 2.05) is 4.90 Å². The summed E-state index contributed by atoms with van der Waals surface area (Å²) in [4.78, 5) is 24.7. The second kappa shape index (κ2) is 12.8. The highest BCUT2D eigenvalue weighted by molar-refractivity contribution is 6.32. The number of H-pyrrole nitrogens is 1. The summed E-state index contributed by atoms with van der Waals surface area (Å²) in [6.45, 7) is 4.95. The van der Waals surface area contributed by atoms with Crippen molar-refractivity contribution in [3.63, 3.8) is 0 Å². The Labute approximate surface area is 235 Å². The Morgan fingerprint density at radius 3 is 2.65 bits per heavy atom. The Balaban J connectivity index is 0.000000307. The molecule has 2 heterocycles. The van der Waals surface area contributed by atoms with Crippen molar-refractivity contribution in [1.29, 1.82) is 0 Å². The first-order valence-corrected chi connectivity index (χ1v) is 12.8. The number of nitrogens with zero attached hydrogens (tertiary/aromatic N) is 2. The quantitative estimate of drug-likeness (QED) is 0.192. The number of alkyl halides is 2. The zero-order valence-corrected chi connectivity index (χ0v) is 22.9. The van der Waals surface area contributed by atoms with E-state index in [1.165, 1.54) is 18.2 Å². The number of nitrogens with one attached hydrogen (secondary N) is 2. The Kier molecular flexibility index (Phi) is 9.78. The molecule has 2 amide bonds. The van der Waals surface area contributed by atoms with Crippen LogP contribution in [0, 0.1) is 17.8 Å². The standard InChI is InChI=1S/C18H17ClF2N6O.C9H15NO2/c1-25-17-15(16(24)28)14(26-27-17)3-2-8-4-13(23)9(5-12(8)19)10(7-22)11-6-18(11,20)21;1-3-9(11)10-6-4-5-8(10)7-12-2/h4-5,7,11H,6,22-23H2,1H3,(H2,24,28)(H2,25,26,27);3,8H,1,4-7H2,2H3/b10-7+;. The topological polar surface area (TPSA) is 165 Å². The first-order valence-electron chi connectivity index (χ1n) is 12.4. The van der Waals surface area contributed by atoms with E-state index in [-0.39, 0.29) is 51.7 Å². The number of likely N-dealkylation sites (tertiary alicyclic amines) is 1. The number of aromatic nitrogens is 2. The second-order valence-electron chi connectivity index (χ2n) is 9.23. The van der Waals surface area contributed by atoms with Crippen molar-refractivity contribution in [2.45, 2.75) is 31.2 Å². The third-order valence-electron chi connectivity index (χ3n) is 6.60. The van der Waals surface area contributed by atoms with E-state index in [0.29, 0.717) is 17.7 Å². The largest absolute Gasteiger partial charge is 0.404 e. The molecule has 2 atom stereocenters. The minimum Gasteiger partial charge on any atom is -0.404 e. The first-order chi connectivity index (χ1) is 19.0. The van der Waals surface area contributed by atoms with Gasteiger partial charge in [-0.25, -0.2) is 8.78 Å². The summed E-state index contributed by atoms with van der Waals surface area (Å²) in [5.74, 6) is 1.33. The zero-order chi connectivity index (χ0) is 29.6. The summed E-state index contributed by atoms with van der Waals surface area (Å²) in [7, 11) is 3.25. The van der Waals surface area contributed by atoms with Crippen LogP contribution in [0.2, 0.25) is 5.02 Å². The lowest BCUT2D eigenvalue weighted by Crippen LogP contribution is -2.36. The SMILES string of the molecule is C=CC(=O)N1CCCC1COC.CNc1n[nH]c(C#Cc2cc(N)c(/C(=C\N)C3CC3(F)F)cc2Cl)c1C(N)=O. The first kappa shape index (κ1) is 30.5. The Morgan fingerprint density at radius 2 is 2.10 bits per heavy atom. The number of rotatable bonds is 7. The number of amides is 2. The van der Waals surface area contributed by atoms with Gasteiger partial charge in [-0.2, -0.15) is 5.10 Å². The molecule has 0 spiro atoms. The number of ether oxygens (including phenoxy) is 1. The molecular weight excluding hydrogens is 544 g/mol. The van der Waals surface area contributed by atoms with E-state index in [4.69, 9.17) is 33.5 Å². The molecule has 2 aliphatic rings. The average molecular weight is 576 g/mol. The van der Waals surface area contributed by atoms with Crippen LogP contribution in [-0.2, 0) is 9.53 Å². The average Bonchev–Trinajstić information content (AvgIpc) is 3.26. The van der Waals surface area contributed by atoms with Crippen LogP contribution in [0.15, 0.2) is 31.0 Å². The molecule has 13 heteroatoms. The summed E-state index contributed by atoms with van der Waals surface area (Å²) in [5, 5.41) is 9.45. The van der Waals surface area contributed by atoms with E-state index < -0.39 is 17.7 Å². The molecule has 10 nitrogen and oxygen atoms in total. The normalized spacial score (nSPS) is 19.1. The van der Waals surface area contributed by atoms with Gasteiger partial charge in [0, 0.05) is 43.9 Å². The van der Waals surface area contributed by atoms with Gasteiger partial charge < -0.3 is 32.2 Å². The molecule has 214 valence electrons. The van der Waals surface area contributed by atoms with Crippen LogP contribution in [0.3, 0.4) is 0 Å². The van der Waals surface area contributed by atoms with Crippen LogP contribution in [0.4, 0.5) is 20.3 Å². The van der Waals surface area contributed by atoms with Gasteiger partial charge in [-0.3, -0.25) is 14.7 Å². The van der Waals surface area contributed by atoms with Gasteiger partial charge in [0.2, 0.25) is 5.91 Å². The third kappa shape index (κ3) is 6.73. The van der Waals surface area contributed by atoms with Crippen LogP contribution in [0.25, 0.3) is 5.57 Å². The highest BCUT2D eigenvalue weighted by Gasteiger charge is 2.58. The van der Waals surface area contributed by atoms with Crippen molar-refractivity contribution in [3.05, 3.63) is 58.4 Å². The Bertz CT molecular complexity index is 1380. The van der Waals surface area contributed by atoms with Crippen LogP contribution in [0.5, 0.6) is 0 Å².